The maximum absolute atomic E-state index is 9.59. The normalized spacial score (nSPS) is 11.1. The van der Waals surface area contributed by atoms with Gasteiger partial charge in [0.2, 0.25) is 0 Å². The van der Waals surface area contributed by atoms with E-state index >= 15 is 0 Å². The summed E-state index contributed by atoms with van der Waals surface area (Å²) in [5.74, 6) is 0.837. The highest BCUT2D eigenvalue weighted by Gasteiger charge is 2.17. The monoisotopic (exact) mass is 482 g/mol. The molecule has 3 aromatic carbocycles. The quantitative estimate of drug-likeness (QED) is 0.388. The van der Waals surface area contributed by atoms with Crippen LogP contribution in [0.15, 0.2) is 77.5 Å². The molecule has 0 spiro atoms. The minimum atomic E-state index is -1.45. The molecule has 0 radical (unpaired) electrons. The van der Waals surface area contributed by atoms with Crippen LogP contribution < -0.4 is 10.2 Å². The Balaban J connectivity index is 0.000000187. The molecule has 1 heterocycles. The van der Waals surface area contributed by atoms with Gasteiger partial charge in [-0.1, -0.05) is 46.3 Å². The Labute approximate surface area is 190 Å². The number of hydrogen-bond acceptors (Lipinski definition) is 5. The Morgan fingerprint density at radius 3 is 2.32 bits per heavy atom. The van der Waals surface area contributed by atoms with Crippen molar-refractivity contribution in [2.24, 2.45) is 0 Å². The predicted molar refractivity (Wildman–Crippen MR) is 127 cm³/mol. The van der Waals surface area contributed by atoms with E-state index in [1.807, 2.05) is 47.3 Å². The minimum Gasteiger partial charge on any atom is -0.497 e. The molecular weight excluding hydrogens is 459 g/mol. The summed E-state index contributed by atoms with van der Waals surface area (Å²) in [4.78, 5) is 4.39. The molecule has 0 fully saturated rings. The van der Waals surface area contributed by atoms with Crippen LogP contribution in [0, 0.1) is 0 Å². The lowest BCUT2D eigenvalue weighted by molar-refractivity contribution is 0.0786. The molecule has 4 aromatic rings. The number of ether oxygens (including phenoxy) is 1. The van der Waals surface area contributed by atoms with Crippen LogP contribution in [0.3, 0.4) is 0 Å². The number of nitrogens with zero attached hydrogens (tertiary/aromatic N) is 2. The molecule has 0 aliphatic rings. The summed E-state index contributed by atoms with van der Waals surface area (Å²) in [5, 5.41) is 27.2. The average molecular weight is 483 g/mol. The largest absolute Gasteiger partial charge is 0.497 e. The lowest BCUT2D eigenvalue weighted by Gasteiger charge is -2.17. The Hall–Kier alpha value is -2.65. The molecule has 1 aromatic heterocycles. The first kappa shape index (κ1) is 23.0. The molecule has 3 N–H and O–H groups in total. The predicted octanol–water partition coefficient (Wildman–Crippen LogP) is 3.39. The van der Waals surface area contributed by atoms with E-state index in [1.54, 1.807) is 45.2 Å². The molecule has 6 nitrogen and oxygen atoms in total. The van der Waals surface area contributed by atoms with Crippen molar-refractivity contribution in [1.82, 2.24) is 9.55 Å². The molecule has 0 amide bonds. The molecule has 4 rings (SSSR count). The van der Waals surface area contributed by atoms with Crippen molar-refractivity contribution in [3.63, 3.8) is 0 Å². The summed E-state index contributed by atoms with van der Waals surface area (Å²) < 4.78 is 8.33. The summed E-state index contributed by atoms with van der Waals surface area (Å²) in [6.45, 7) is 3.36. The smallest absolute Gasteiger partial charge is 0.488 e. The van der Waals surface area contributed by atoms with Crippen molar-refractivity contribution >= 4 is 39.5 Å². The first-order valence-corrected chi connectivity index (χ1v) is 10.4. The molecule has 31 heavy (non-hydrogen) atoms. The fraction of sp³-hybridized carbons (Fsp3) is 0.174. The highest BCUT2D eigenvalue weighted by Crippen LogP contribution is 2.24. The van der Waals surface area contributed by atoms with Crippen LogP contribution in [0.1, 0.15) is 19.4 Å². The number of hydrogen-bond donors (Lipinski definition) is 3. The minimum absolute atomic E-state index is 0.424. The van der Waals surface area contributed by atoms with Crippen LogP contribution in [0.5, 0.6) is 5.75 Å². The van der Waals surface area contributed by atoms with E-state index in [9.17, 15) is 5.11 Å². The lowest BCUT2D eigenvalue weighted by atomic mass is 9.79. The Kier molecular flexibility index (Phi) is 7.17. The lowest BCUT2D eigenvalue weighted by Crippen LogP contribution is -2.30. The van der Waals surface area contributed by atoms with E-state index in [1.165, 1.54) is 0 Å². The van der Waals surface area contributed by atoms with Crippen LogP contribution in [0.2, 0.25) is 0 Å². The van der Waals surface area contributed by atoms with Crippen LogP contribution in [0.25, 0.3) is 16.7 Å². The van der Waals surface area contributed by atoms with Gasteiger partial charge in [0.15, 0.2) is 0 Å². The van der Waals surface area contributed by atoms with Crippen molar-refractivity contribution in [2.75, 3.05) is 7.11 Å². The number of aromatic nitrogens is 2. The van der Waals surface area contributed by atoms with Crippen molar-refractivity contribution < 1.29 is 19.9 Å². The van der Waals surface area contributed by atoms with Crippen LogP contribution in [-0.4, -0.2) is 38.9 Å². The van der Waals surface area contributed by atoms with E-state index in [2.05, 4.69) is 27.0 Å². The molecular formula is C23H24BBrN2O4. The first-order chi connectivity index (χ1) is 14.7. The molecule has 0 bridgehead atoms. The van der Waals surface area contributed by atoms with Gasteiger partial charge in [-0.2, -0.15) is 0 Å². The van der Waals surface area contributed by atoms with Gasteiger partial charge in [-0.15, -0.1) is 0 Å². The summed E-state index contributed by atoms with van der Waals surface area (Å²) in [5.41, 5.74) is 3.36. The fourth-order valence-corrected chi connectivity index (χ4v) is 3.36. The van der Waals surface area contributed by atoms with Crippen molar-refractivity contribution in [3.8, 4) is 11.4 Å². The average Bonchev–Trinajstić information content (AvgIpc) is 3.16. The van der Waals surface area contributed by atoms with E-state index in [0.717, 1.165) is 32.5 Å². The van der Waals surface area contributed by atoms with Crippen molar-refractivity contribution in [3.05, 3.63) is 83.1 Å². The second-order valence-corrected chi connectivity index (χ2v) is 8.42. The third-order valence-corrected chi connectivity index (χ3v) is 5.25. The summed E-state index contributed by atoms with van der Waals surface area (Å²) >= 11 is 3.49. The van der Waals surface area contributed by atoms with Crippen molar-refractivity contribution in [2.45, 2.75) is 19.4 Å². The van der Waals surface area contributed by atoms with Gasteiger partial charge in [-0.3, -0.25) is 4.57 Å². The van der Waals surface area contributed by atoms with Gasteiger partial charge in [0, 0.05) is 10.5 Å². The van der Waals surface area contributed by atoms with Gasteiger partial charge < -0.3 is 19.9 Å². The highest BCUT2D eigenvalue weighted by atomic mass is 79.9. The third kappa shape index (κ3) is 5.74. The second kappa shape index (κ2) is 9.66. The molecule has 0 atom stereocenters. The molecule has 160 valence electrons. The number of rotatable bonds is 4. The standard InChI is InChI=1S/C14H11BrN2O.C9H13BO3/c1-18-12-4-2-3-11(8-12)17-9-16-13-6-5-10(15)7-14(13)17;1-9(2,11)7-3-5-8(6-4-7)10(12)13/h2-9H,1H3;3-6,11-13H,1-2H3. The van der Waals surface area contributed by atoms with E-state index < -0.39 is 12.7 Å². The summed E-state index contributed by atoms with van der Waals surface area (Å²) in [6, 6.07) is 20.5. The number of benzene rings is 3. The van der Waals surface area contributed by atoms with Gasteiger partial charge >= 0.3 is 7.12 Å². The maximum atomic E-state index is 9.59. The molecule has 0 saturated carbocycles. The molecule has 8 heteroatoms. The van der Waals surface area contributed by atoms with Gasteiger partial charge in [-0.05, 0) is 55.2 Å². The zero-order valence-electron chi connectivity index (χ0n) is 17.5. The van der Waals surface area contributed by atoms with Gasteiger partial charge in [-0.25, -0.2) is 4.98 Å². The topological polar surface area (TPSA) is 87.7 Å². The Morgan fingerprint density at radius 1 is 1.00 bits per heavy atom. The molecule has 0 aliphatic carbocycles. The maximum Gasteiger partial charge on any atom is 0.488 e. The van der Waals surface area contributed by atoms with Crippen LogP contribution in [0.4, 0.5) is 0 Å². The van der Waals surface area contributed by atoms with E-state index in [-0.39, 0.29) is 0 Å². The fourth-order valence-electron chi connectivity index (χ4n) is 3.01. The van der Waals surface area contributed by atoms with Gasteiger partial charge in [0.1, 0.15) is 12.1 Å². The SMILES string of the molecule is CC(C)(O)c1ccc(B(O)O)cc1.COc1cccc(-n2cnc3ccc(Br)cc32)c1. The third-order valence-electron chi connectivity index (χ3n) is 4.76. The first-order valence-electron chi connectivity index (χ1n) is 9.65. The Bertz CT molecular complexity index is 1150. The highest BCUT2D eigenvalue weighted by molar-refractivity contribution is 9.10. The van der Waals surface area contributed by atoms with Gasteiger partial charge in [0.25, 0.3) is 0 Å². The van der Waals surface area contributed by atoms with E-state index in [4.69, 9.17) is 14.8 Å². The van der Waals surface area contributed by atoms with E-state index in [0.29, 0.717) is 5.46 Å². The summed E-state index contributed by atoms with van der Waals surface area (Å²) in [7, 11) is 0.220. The van der Waals surface area contributed by atoms with Gasteiger partial charge in [0.05, 0.1) is 29.4 Å². The van der Waals surface area contributed by atoms with Crippen LogP contribution in [-0.2, 0) is 5.60 Å². The second-order valence-electron chi connectivity index (χ2n) is 7.50. The summed E-state index contributed by atoms with van der Waals surface area (Å²) in [6.07, 6.45) is 1.83. The van der Waals surface area contributed by atoms with Crippen molar-refractivity contribution in [1.29, 1.82) is 0 Å². The molecule has 0 saturated heterocycles. The number of halogens is 1. The molecule has 0 unspecified atom stereocenters. The number of imidazole rings is 1. The van der Waals surface area contributed by atoms with Crippen LogP contribution >= 0.6 is 15.9 Å². The molecule has 0 aliphatic heterocycles. The number of aliphatic hydroxyl groups is 1. The zero-order valence-corrected chi connectivity index (χ0v) is 19.1. The Morgan fingerprint density at radius 2 is 1.71 bits per heavy atom. The number of methoxy groups -OCH3 is 1. The zero-order chi connectivity index (χ0) is 22.6. The number of fused-ring (bicyclic) bond motifs is 1.